The van der Waals surface area contributed by atoms with E-state index in [9.17, 15) is 9.18 Å². The number of ether oxygens (including phenoxy) is 1. The van der Waals surface area contributed by atoms with Gasteiger partial charge in [0, 0.05) is 38.1 Å². The number of anilines is 4. The molecule has 0 atom stereocenters. The predicted octanol–water partition coefficient (Wildman–Crippen LogP) is 5.07. The topological polar surface area (TPSA) is 82.6 Å². The minimum Gasteiger partial charge on any atom is -0.477 e. The van der Waals surface area contributed by atoms with Crippen molar-refractivity contribution >= 4 is 52.1 Å². The largest absolute Gasteiger partial charge is 0.477 e. The summed E-state index contributed by atoms with van der Waals surface area (Å²) in [5.74, 6) is -0.637. The van der Waals surface area contributed by atoms with Gasteiger partial charge in [-0.3, -0.25) is 4.79 Å². The van der Waals surface area contributed by atoms with Crippen molar-refractivity contribution in [2.45, 2.75) is 6.92 Å². The molecule has 1 fully saturated rings. The number of halogens is 3. The van der Waals surface area contributed by atoms with Crippen molar-refractivity contribution in [2.24, 2.45) is 0 Å². The summed E-state index contributed by atoms with van der Waals surface area (Å²) >= 11 is 12.3. The standard InChI is InChI=1S/C24H25Cl2FN6O2/c1-3-35-23-16(22(34)30-21-17(25)5-4-6-18(21)26)14-28-24(31-23)29-15-7-8-20(19(27)13-15)33-11-9-32(2)10-12-33/h4-8,13-14H,3,9-12H2,1-2H3,(H,30,34)(H,28,29,31). The third kappa shape index (κ3) is 5.93. The van der Waals surface area contributed by atoms with E-state index in [-0.39, 0.29) is 35.5 Å². The lowest BCUT2D eigenvalue weighted by atomic mass is 10.2. The van der Waals surface area contributed by atoms with Gasteiger partial charge in [0.15, 0.2) is 0 Å². The SMILES string of the molecule is CCOc1nc(Nc2ccc(N3CCN(C)CC3)c(F)c2)ncc1C(=O)Nc1c(Cl)cccc1Cl. The van der Waals surface area contributed by atoms with Crippen molar-refractivity contribution in [2.75, 3.05) is 55.4 Å². The van der Waals surface area contributed by atoms with Crippen molar-refractivity contribution < 1.29 is 13.9 Å². The lowest BCUT2D eigenvalue weighted by Crippen LogP contribution is -2.44. The van der Waals surface area contributed by atoms with E-state index in [4.69, 9.17) is 27.9 Å². The second-order valence-corrected chi connectivity index (χ2v) is 8.79. The molecule has 1 aliphatic rings. The monoisotopic (exact) mass is 518 g/mol. The Hall–Kier alpha value is -3.14. The highest BCUT2D eigenvalue weighted by atomic mass is 35.5. The zero-order valence-corrected chi connectivity index (χ0v) is 20.8. The number of likely N-dealkylation sites (N-methyl/N-ethyl adjacent to an activating group) is 1. The molecular formula is C24H25Cl2FN6O2. The van der Waals surface area contributed by atoms with Gasteiger partial charge in [0.2, 0.25) is 11.8 Å². The Labute approximate surface area is 213 Å². The molecule has 184 valence electrons. The zero-order chi connectivity index (χ0) is 24.9. The number of carbonyl (C=O) groups is 1. The highest BCUT2D eigenvalue weighted by Gasteiger charge is 2.20. The number of para-hydroxylation sites is 1. The van der Waals surface area contributed by atoms with Crippen molar-refractivity contribution in [1.82, 2.24) is 14.9 Å². The van der Waals surface area contributed by atoms with Crippen molar-refractivity contribution in [3.05, 3.63) is 64.0 Å². The first-order valence-corrected chi connectivity index (χ1v) is 11.9. The van der Waals surface area contributed by atoms with Gasteiger partial charge in [0.05, 0.1) is 28.0 Å². The number of aromatic nitrogens is 2. The van der Waals surface area contributed by atoms with E-state index < -0.39 is 5.91 Å². The summed E-state index contributed by atoms with van der Waals surface area (Å²) in [6, 6.07) is 9.81. The van der Waals surface area contributed by atoms with Crippen LogP contribution in [0.5, 0.6) is 5.88 Å². The first kappa shape index (κ1) is 25.0. The number of nitrogens with zero attached hydrogens (tertiary/aromatic N) is 4. The summed E-state index contributed by atoms with van der Waals surface area (Å²) in [6.45, 7) is 5.35. The number of hydrogen-bond acceptors (Lipinski definition) is 7. The molecule has 1 aromatic heterocycles. The molecular weight excluding hydrogens is 494 g/mol. The highest BCUT2D eigenvalue weighted by Crippen LogP contribution is 2.31. The van der Waals surface area contributed by atoms with Crippen LogP contribution in [0.25, 0.3) is 0 Å². The van der Waals surface area contributed by atoms with Crippen LogP contribution in [0.3, 0.4) is 0 Å². The number of carbonyl (C=O) groups excluding carboxylic acids is 1. The van der Waals surface area contributed by atoms with Gasteiger partial charge in [-0.05, 0) is 44.3 Å². The van der Waals surface area contributed by atoms with Gasteiger partial charge in [-0.15, -0.1) is 0 Å². The molecule has 3 aromatic rings. The summed E-state index contributed by atoms with van der Waals surface area (Å²) < 4.78 is 20.4. The van der Waals surface area contributed by atoms with E-state index in [2.05, 4.69) is 32.5 Å². The van der Waals surface area contributed by atoms with Crippen LogP contribution < -0.4 is 20.3 Å². The van der Waals surface area contributed by atoms with E-state index >= 15 is 0 Å². The minimum atomic E-state index is -0.530. The Bertz CT molecular complexity index is 1200. The second-order valence-electron chi connectivity index (χ2n) is 7.98. The van der Waals surface area contributed by atoms with Gasteiger partial charge in [0.25, 0.3) is 5.91 Å². The summed E-state index contributed by atoms with van der Waals surface area (Å²) in [6.07, 6.45) is 1.33. The molecule has 2 heterocycles. The van der Waals surface area contributed by atoms with Crippen LogP contribution in [0.1, 0.15) is 17.3 Å². The molecule has 0 spiro atoms. The fourth-order valence-electron chi connectivity index (χ4n) is 3.64. The van der Waals surface area contributed by atoms with Crippen LogP contribution in [0.4, 0.5) is 27.4 Å². The molecule has 0 unspecified atom stereocenters. The van der Waals surface area contributed by atoms with Crippen LogP contribution >= 0.6 is 23.2 Å². The molecule has 8 nitrogen and oxygen atoms in total. The molecule has 4 rings (SSSR count). The smallest absolute Gasteiger partial charge is 0.262 e. The molecule has 0 aliphatic carbocycles. The van der Waals surface area contributed by atoms with Crippen LogP contribution in [0, 0.1) is 5.82 Å². The molecule has 0 bridgehead atoms. The maximum Gasteiger partial charge on any atom is 0.262 e. The summed E-state index contributed by atoms with van der Waals surface area (Å²) in [5.41, 5.74) is 1.42. The average molecular weight is 519 g/mol. The van der Waals surface area contributed by atoms with Gasteiger partial charge in [0.1, 0.15) is 11.4 Å². The molecule has 1 aliphatic heterocycles. The zero-order valence-electron chi connectivity index (χ0n) is 19.3. The van der Waals surface area contributed by atoms with E-state index in [0.29, 0.717) is 21.4 Å². The number of benzene rings is 2. The minimum absolute atomic E-state index is 0.0696. The molecule has 1 amide bonds. The number of nitrogens with one attached hydrogen (secondary N) is 2. The van der Waals surface area contributed by atoms with Gasteiger partial charge in [-0.1, -0.05) is 29.3 Å². The number of amides is 1. The lowest BCUT2D eigenvalue weighted by Gasteiger charge is -2.34. The van der Waals surface area contributed by atoms with E-state index in [1.165, 1.54) is 12.3 Å². The summed E-state index contributed by atoms with van der Waals surface area (Å²) in [5, 5.41) is 6.23. The average Bonchev–Trinajstić information content (AvgIpc) is 2.83. The summed E-state index contributed by atoms with van der Waals surface area (Å²) in [7, 11) is 2.05. The Morgan fingerprint density at radius 1 is 1.14 bits per heavy atom. The Balaban J connectivity index is 1.51. The lowest BCUT2D eigenvalue weighted by molar-refractivity contribution is 0.102. The maximum atomic E-state index is 14.8. The number of piperazine rings is 1. The molecule has 2 N–H and O–H groups in total. The van der Waals surface area contributed by atoms with Crippen molar-refractivity contribution in [1.29, 1.82) is 0 Å². The Morgan fingerprint density at radius 3 is 2.51 bits per heavy atom. The van der Waals surface area contributed by atoms with Crippen LogP contribution in [-0.4, -0.2) is 60.6 Å². The first-order chi connectivity index (χ1) is 16.9. The quantitative estimate of drug-likeness (QED) is 0.451. The Morgan fingerprint density at radius 2 is 1.86 bits per heavy atom. The third-order valence-electron chi connectivity index (χ3n) is 5.53. The molecule has 2 aromatic carbocycles. The summed E-state index contributed by atoms with van der Waals surface area (Å²) in [4.78, 5) is 25.6. The molecule has 1 saturated heterocycles. The van der Waals surface area contributed by atoms with Crippen molar-refractivity contribution in [3.8, 4) is 5.88 Å². The van der Waals surface area contributed by atoms with Gasteiger partial charge in [-0.2, -0.15) is 4.98 Å². The normalized spacial score (nSPS) is 14.0. The second kappa shape index (κ2) is 11.1. The van der Waals surface area contributed by atoms with Crippen LogP contribution in [0.2, 0.25) is 10.0 Å². The highest BCUT2D eigenvalue weighted by molar-refractivity contribution is 6.40. The van der Waals surface area contributed by atoms with E-state index in [1.54, 1.807) is 37.3 Å². The van der Waals surface area contributed by atoms with Crippen LogP contribution in [-0.2, 0) is 0 Å². The van der Waals surface area contributed by atoms with Crippen molar-refractivity contribution in [3.63, 3.8) is 0 Å². The molecule has 0 radical (unpaired) electrons. The van der Waals surface area contributed by atoms with Gasteiger partial charge in [-0.25, -0.2) is 9.37 Å². The number of hydrogen-bond donors (Lipinski definition) is 2. The van der Waals surface area contributed by atoms with Gasteiger partial charge >= 0.3 is 0 Å². The number of rotatable bonds is 7. The molecule has 35 heavy (non-hydrogen) atoms. The van der Waals surface area contributed by atoms with Gasteiger partial charge < -0.3 is 25.2 Å². The first-order valence-electron chi connectivity index (χ1n) is 11.1. The van der Waals surface area contributed by atoms with E-state index in [0.717, 1.165) is 26.2 Å². The Kier molecular flexibility index (Phi) is 7.90. The maximum absolute atomic E-state index is 14.8. The predicted molar refractivity (Wildman–Crippen MR) is 137 cm³/mol. The molecule has 11 heteroatoms. The molecule has 0 saturated carbocycles. The third-order valence-corrected chi connectivity index (χ3v) is 6.16. The van der Waals surface area contributed by atoms with E-state index in [1.807, 2.05) is 4.90 Å². The fourth-order valence-corrected chi connectivity index (χ4v) is 4.14. The fraction of sp³-hybridized carbons (Fsp3) is 0.292. The van der Waals surface area contributed by atoms with Crippen LogP contribution in [0.15, 0.2) is 42.6 Å².